The van der Waals surface area contributed by atoms with Crippen LogP contribution in [0, 0.1) is 0 Å². The molecule has 6 nitrogen and oxygen atoms in total. The number of aromatic nitrogens is 5. The number of hydrogen-bond acceptors (Lipinski definition) is 5. The van der Waals surface area contributed by atoms with Crippen LogP contribution in [0.5, 0.6) is 0 Å². The summed E-state index contributed by atoms with van der Waals surface area (Å²) in [6.45, 7) is 1.54. The van der Waals surface area contributed by atoms with Crippen LogP contribution in [-0.2, 0) is 13.1 Å². The average Bonchev–Trinajstić information content (AvgIpc) is 3.73. The molecule has 38 heavy (non-hydrogen) atoms. The first-order chi connectivity index (χ1) is 18.8. The number of benzene rings is 2. The minimum absolute atomic E-state index is 0.733. The van der Waals surface area contributed by atoms with E-state index in [1.807, 2.05) is 30.6 Å². The Morgan fingerprint density at radius 1 is 0.789 bits per heavy atom. The lowest BCUT2D eigenvalue weighted by Gasteiger charge is -2.07. The molecule has 0 aliphatic heterocycles. The maximum Gasteiger partial charge on any atom is 0.135 e. The molecule has 0 spiro atoms. The molecule has 7 heteroatoms. The van der Waals surface area contributed by atoms with E-state index >= 15 is 0 Å². The van der Waals surface area contributed by atoms with Crippen molar-refractivity contribution in [3.05, 3.63) is 114 Å². The second-order valence-corrected chi connectivity index (χ2v) is 10.2. The Bertz CT molecular complexity index is 1850. The van der Waals surface area contributed by atoms with Gasteiger partial charge in [-0.3, -0.25) is 10.1 Å². The fourth-order valence-corrected chi connectivity index (χ4v) is 5.61. The Morgan fingerprint density at radius 2 is 1.71 bits per heavy atom. The summed E-state index contributed by atoms with van der Waals surface area (Å²) in [6.07, 6.45) is 3.77. The van der Waals surface area contributed by atoms with Crippen molar-refractivity contribution in [1.29, 1.82) is 0 Å². The number of pyridine rings is 2. The van der Waals surface area contributed by atoms with Gasteiger partial charge >= 0.3 is 0 Å². The summed E-state index contributed by atoms with van der Waals surface area (Å²) in [5.41, 5.74) is 10.0. The van der Waals surface area contributed by atoms with Crippen LogP contribution in [0.1, 0.15) is 11.1 Å². The quantitative estimate of drug-likeness (QED) is 0.211. The first kappa shape index (κ1) is 22.6. The highest BCUT2D eigenvalue weighted by atomic mass is 32.1. The number of nitrogens with zero attached hydrogens (tertiary/aromatic N) is 3. The van der Waals surface area contributed by atoms with Crippen molar-refractivity contribution in [3.8, 4) is 33.1 Å². The minimum Gasteiger partial charge on any atom is -0.353 e. The molecule has 3 N–H and O–H groups in total. The molecule has 0 saturated heterocycles. The molecule has 5 aromatic heterocycles. The molecule has 0 amide bonds. The fourth-order valence-electron chi connectivity index (χ4n) is 4.85. The highest BCUT2D eigenvalue weighted by molar-refractivity contribution is 7.13. The van der Waals surface area contributed by atoms with E-state index in [0.29, 0.717) is 0 Å². The molecular formula is C31H24N6S. The summed E-state index contributed by atoms with van der Waals surface area (Å²) < 4.78 is 0. The molecule has 2 aromatic carbocycles. The Labute approximate surface area is 223 Å². The van der Waals surface area contributed by atoms with Crippen molar-refractivity contribution in [2.75, 3.05) is 0 Å². The van der Waals surface area contributed by atoms with Gasteiger partial charge < -0.3 is 10.3 Å². The highest BCUT2D eigenvalue weighted by Crippen LogP contribution is 2.35. The van der Waals surface area contributed by atoms with Crippen molar-refractivity contribution < 1.29 is 0 Å². The van der Waals surface area contributed by atoms with Gasteiger partial charge in [0, 0.05) is 52.4 Å². The van der Waals surface area contributed by atoms with Crippen LogP contribution < -0.4 is 5.32 Å². The van der Waals surface area contributed by atoms with Crippen LogP contribution >= 0.6 is 11.3 Å². The number of aromatic amines is 2. The lowest BCUT2D eigenvalue weighted by molar-refractivity contribution is 0.691. The van der Waals surface area contributed by atoms with E-state index in [0.717, 1.165) is 57.8 Å². The van der Waals surface area contributed by atoms with Crippen molar-refractivity contribution in [3.63, 3.8) is 0 Å². The normalized spacial score (nSPS) is 11.5. The Kier molecular flexibility index (Phi) is 5.77. The third-order valence-corrected chi connectivity index (χ3v) is 7.61. The molecule has 0 aliphatic carbocycles. The van der Waals surface area contributed by atoms with Crippen LogP contribution in [0.2, 0.25) is 0 Å². The lowest BCUT2D eigenvalue weighted by atomic mass is 10.1. The Balaban J connectivity index is 1.20. The van der Waals surface area contributed by atoms with Crippen molar-refractivity contribution >= 4 is 33.3 Å². The van der Waals surface area contributed by atoms with E-state index < -0.39 is 0 Å². The van der Waals surface area contributed by atoms with Crippen LogP contribution in [0.3, 0.4) is 0 Å². The molecule has 0 aliphatic rings. The minimum atomic E-state index is 0.733. The molecular weight excluding hydrogens is 488 g/mol. The van der Waals surface area contributed by atoms with Gasteiger partial charge in [0.25, 0.3) is 0 Å². The van der Waals surface area contributed by atoms with Crippen molar-refractivity contribution in [2.45, 2.75) is 13.1 Å². The van der Waals surface area contributed by atoms with Crippen molar-refractivity contribution in [2.24, 2.45) is 0 Å². The van der Waals surface area contributed by atoms with Gasteiger partial charge in [0.05, 0.1) is 16.9 Å². The molecule has 0 unspecified atom stereocenters. The van der Waals surface area contributed by atoms with Gasteiger partial charge in [0.15, 0.2) is 0 Å². The van der Waals surface area contributed by atoms with Gasteiger partial charge in [-0.05, 0) is 52.9 Å². The van der Waals surface area contributed by atoms with E-state index in [9.17, 15) is 0 Å². The zero-order valence-corrected chi connectivity index (χ0v) is 21.3. The molecule has 184 valence electrons. The average molecular weight is 513 g/mol. The van der Waals surface area contributed by atoms with Gasteiger partial charge in [0.1, 0.15) is 11.2 Å². The van der Waals surface area contributed by atoms with E-state index in [4.69, 9.17) is 4.98 Å². The summed E-state index contributed by atoms with van der Waals surface area (Å²) in [5.74, 6) is 0. The number of H-pyrrole nitrogens is 2. The van der Waals surface area contributed by atoms with Crippen LogP contribution in [0.25, 0.3) is 55.0 Å². The first-order valence-electron chi connectivity index (χ1n) is 12.5. The van der Waals surface area contributed by atoms with Crippen LogP contribution in [0.15, 0.2) is 103 Å². The fraction of sp³-hybridized carbons (Fsp3) is 0.0645. The number of fused-ring (bicyclic) bond motifs is 2. The Hall–Kier alpha value is -4.59. The molecule has 5 heterocycles. The molecule has 0 atom stereocenters. The van der Waals surface area contributed by atoms with E-state index in [1.54, 1.807) is 11.3 Å². The molecule has 0 bridgehead atoms. The molecule has 0 fully saturated rings. The Morgan fingerprint density at radius 3 is 2.61 bits per heavy atom. The largest absolute Gasteiger partial charge is 0.353 e. The predicted molar refractivity (Wildman–Crippen MR) is 155 cm³/mol. The second-order valence-electron chi connectivity index (χ2n) is 9.26. The monoisotopic (exact) mass is 512 g/mol. The summed E-state index contributed by atoms with van der Waals surface area (Å²) in [5, 5.41) is 14.6. The smallest absolute Gasteiger partial charge is 0.135 e. The van der Waals surface area contributed by atoms with E-state index in [1.165, 1.54) is 21.4 Å². The van der Waals surface area contributed by atoms with Gasteiger partial charge in [0.2, 0.25) is 0 Å². The van der Waals surface area contributed by atoms with Gasteiger partial charge in [-0.2, -0.15) is 5.10 Å². The zero-order valence-electron chi connectivity index (χ0n) is 20.5. The highest BCUT2D eigenvalue weighted by Gasteiger charge is 2.16. The molecule has 0 radical (unpaired) electrons. The zero-order chi connectivity index (χ0) is 25.3. The SMILES string of the molecule is c1ccc(CNCc2cncc(-c3ccc4[nH]nc(-c5cc6c(-c7cccs7)cccc6[nH]5)c4n3)c2)cc1. The third kappa shape index (κ3) is 4.28. The number of thiophene rings is 1. The lowest BCUT2D eigenvalue weighted by Crippen LogP contribution is -2.12. The number of rotatable bonds is 7. The molecule has 0 saturated carbocycles. The number of nitrogens with one attached hydrogen (secondary N) is 3. The summed E-state index contributed by atoms with van der Waals surface area (Å²) >= 11 is 1.75. The maximum atomic E-state index is 5.02. The topological polar surface area (TPSA) is 82.3 Å². The molecule has 7 rings (SSSR count). The van der Waals surface area contributed by atoms with Gasteiger partial charge in [-0.15, -0.1) is 11.3 Å². The number of hydrogen-bond donors (Lipinski definition) is 3. The van der Waals surface area contributed by atoms with E-state index in [-0.39, 0.29) is 0 Å². The summed E-state index contributed by atoms with van der Waals surface area (Å²) in [6, 6.07) is 29.4. The molecule has 7 aromatic rings. The van der Waals surface area contributed by atoms with Gasteiger partial charge in [-0.1, -0.05) is 48.5 Å². The standard InChI is InChI=1S/C31H24N6S/c1-2-6-20(7-3-1)16-32-17-21-14-22(19-33-18-21)25-11-12-27-30(35-25)31(37-36-27)28-15-24-23(29-10-5-13-38-29)8-4-9-26(24)34-28/h1-15,18-19,32,34H,16-17H2,(H,36,37). The third-order valence-electron chi connectivity index (χ3n) is 6.71. The second kappa shape index (κ2) is 9.70. The summed E-state index contributed by atoms with van der Waals surface area (Å²) in [4.78, 5) is 14.3. The first-order valence-corrected chi connectivity index (χ1v) is 13.4. The predicted octanol–water partition coefficient (Wildman–Crippen LogP) is 7.19. The maximum absolute atomic E-state index is 5.02. The van der Waals surface area contributed by atoms with Crippen LogP contribution in [0.4, 0.5) is 0 Å². The van der Waals surface area contributed by atoms with Crippen molar-refractivity contribution in [1.82, 2.24) is 30.5 Å². The van der Waals surface area contributed by atoms with Crippen LogP contribution in [-0.4, -0.2) is 25.1 Å². The summed E-state index contributed by atoms with van der Waals surface area (Å²) in [7, 11) is 0. The van der Waals surface area contributed by atoms with E-state index in [2.05, 4.69) is 97.6 Å². The van der Waals surface area contributed by atoms with Gasteiger partial charge in [-0.25, -0.2) is 4.98 Å².